The number of methoxy groups -OCH3 is 1. The molecule has 1 N–H and O–H groups in total. The summed E-state index contributed by atoms with van der Waals surface area (Å²) in [5.74, 6) is -0.461. The molecule has 1 aliphatic rings. The summed E-state index contributed by atoms with van der Waals surface area (Å²) in [5.41, 5.74) is 1.07. The van der Waals surface area contributed by atoms with Gasteiger partial charge in [0.25, 0.3) is 0 Å². The summed E-state index contributed by atoms with van der Waals surface area (Å²) < 4.78 is 11.7. The van der Waals surface area contributed by atoms with E-state index in [0.29, 0.717) is 24.3 Å². The zero-order valence-corrected chi connectivity index (χ0v) is 13.5. The van der Waals surface area contributed by atoms with Gasteiger partial charge in [0.1, 0.15) is 6.61 Å². The third kappa shape index (κ3) is 3.33. The number of esters is 1. The Kier molecular flexibility index (Phi) is 4.95. The van der Waals surface area contributed by atoms with Crippen LogP contribution in [-0.2, 0) is 16.0 Å². The molecule has 3 rings (SSSR count). The summed E-state index contributed by atoms with van der Waals surface area (Å²) in [6.07, 6.45) is -0.340. The van der Waals surface area contributed by atoms with Crippen molar-refractivity contribution in [3.8, 4) is 0 Å². The lowest BCUT2D eigenvalue weighted by molar-refractivity contribution is 0.0585. The lowest BCUT2D eigenvalue weighted by Gasteiger charge is -2.26. The van der Waals surface area contributed by atoms with E-state index in [9.17, 15) is 9.59 Å². The van der Waals surface area contributed by atoms with E-state index in [1.165, 1.54) is 11.8 Å². The van der Waals surface area contributed by atoms with Crippen molar-refractivity contribution in [2.24, 2.45) is 0 Å². The van der Waals surface area contributed by atoms with Crippen molar-refractivity contribution in [1.29, 1.82) is 0 Å². The maximum Gasteiger partial charge on any atom is 0.409 e. The lowest BCUT2D eigenvalue weighted by atomic mass is 10.2. The molecule has 0 unspecified atom stereocenters. The van der Waals surface area contributed by atoms with Crippen LogP contribution in [0.1, 0.15) is 10.5 Å². The van der Waals surface area contributed by atoms with Crippen molar-refractivity contribution in [1.82, 2.24) is 20.0 Å². The Balaban J connectivity index is 1.68. The van der Waals surface area contributed by atoms with Gasteiger partial charge in [0.2, 0.25) is 0 Å². The fraction of sp³-hybridized carbons (Fsp3) is 0.438. The molecule has 128 valence electrons. The highest BCUT2D eigenvalue weighted by Crippen LogP contribution is 2.19. The van der Waals surface area contributed by atoms with Crippen molar-refractivity contribution < 1.29 is 19.1 Å². The highest BCUT2D eigenvalue weighted by Gasteiger charge is 2.20. The number of rotatable bonds is 4. The number of carbonyl (C=O) groups is 2. The van der Waals surface area contributed by atoms with E-state index in [0.717, 1.165) is 18.5 Å². The molecule has 0 aliphatic carbocycles. The molecule has 1 saturated heterocycles. The molecule has 1 fully saturated rings. The molecule has 0 atom stereocenters. The molecular formula is C16H20N4O4. The van der Waals surface area contributed by atoms with Crippen molar-refractivity contribution >= 4 is 23.0 Å². The van der Waals surface area contributed by atoms with Gasteiger partial charge in [-0.1, -0.05) is 18.2 Å². The van der Waals surface area contributed by atoms with E-state index < -0.39 is 5.97 Å². The number of aromatic nitrogens is 2. The van der Waals surface area contributed by atoms with E-state index in [1.54, 1.807) is 4.90 Å². The number of fused-ring (bicyclic) bond motifs is 1. The van der Waals surface area contributed by atoms with Crippen LogP contribution >= 0.6 is 0 Å². The smallest absolute Gasteiger partial charge is 0.409 e. The molecule has 8 heteroatoms. The van der Waals surface area contributed by atoms with Gasteiger partial charge in [-0.25, -0.2) is 9.59 Å². The first-order valence-corrected chi connectivity index (χ1v) is 7.87. The molecule has 1 aromatic carbocycles. The van der Waals surface area contributed by atoms with Crippen molar-refractivity contribution in [2.75, 3.05) is 39.9 Å². The van der Waals surface area contributed by atoms with Gasteiger partial charge in [0.15, 0.2) is 5.69 Å². The van der Waals surface area contributed by atoms with Gasteiger partial charge in [0, 0.05) is 31.6 Å². The van der Waals surface area contributed by atoms with E-state index >= 15 is 0 Å². The Morgan fingerprint density at radius 3 is 2.75 bits per heavy atom. The SMILES string of the molecule is COC(=O)c1c2ccccc2nn1CCOC(=O)N1CCNCC1. The third-order valence-corrected chi connectivity index (χ3v) is 3.93. The summed E-state index contributed by atoms with van der Waals surface area (Å²) in [5, 5.41) is 8.29. The topological polar surface area (TPSA) is 85.7 Å². The second kappa shape index (κ2) is 7.31. The average Bonchev–Trinajstić information content (AvgIpc) is 3.00. The van der Waals surface area contributed by atoms with Crippen molar-refractivity contribution in [3.63, 3.8) is 0 Å². The van der Waals surface area contributed by atoms with Gasteiger partial charge < -0.3 is 19.7 Å². The first-order chi connectivity index (χ1) is 11.7. The Bertz CT molecular complexity index is 737. The minimum atomic E-state index is -0.461. The molecule has 2 aromatic rings. The largest absolute Gasteiger partial charge is 0.464 e. The van der Waals surface area contributed by atoms with Crippen molar-refractivity contribution in [3.05, 3.63) is 30.0 Å². The molecule has 24 heavy (non-hydrogen) atoms. The Morgan fingerprint density at radius 2 is 2.00 bits per heavy atom. The van der Waals surface area contributed by atoms with Gasteiger partial charge in [-0.2, -0.15) is 5.10 Å². The lowest BCUT2D eigenvalue weighted by Crippen LogP contribution is -2.46. The number of hydrogen-bond donors (Lipinski definition) is 1. The first-order valence-electron chi connectivity index (χ1n) is 7.87. The number of benzene rings is 1. The first kappa shape index (κ1) is 16.3. The monoisotopic (exact) mass is 332 g/mol. The molecule has 1 amide bonds. The summed E-state index contributed by atoms with van der Waals surface area (Å²) in [6, 6.07) is 7.33. The number of ether oxygens (including phenoxy) is 2. The zero-order chi connectivity index (χ0) is 16.9. The van der Waals surface area contributed by atoms with Gasteiger partial charge in [0.05, 0.1) is 19.2 Å². The second-order valence-electron chi connectivity index (χ2n) is 5.43. The van der Waals surface area contributed by atoms with Crippen LogP contribution in [0.3, 0.4) is 0 Å². The number of carbonyl (C=O) groups excluding carboxylic acids is 2. The number of nitrogens with one attached hydrogen (secondary N) is 1. The number of nitrogens with zero attached hydrogens (tertiary/aromatic N) is 3. The summed E-state index contributed by atoms with van der Waals surface area (Å²) in [6.45, 7) is 3.24. The van der Waals surface area contributed by atoms with Gasteiger partial charge in [-0.3, -0.25) is 4.68 Å². The number of amides is 1. The van der Waals surface area contributed by atoms with Crippen LogP contribution in [0.2, 0.25) is 0 Å². The summed E-state index contributed by atoms with van der Waals surface area (Å²) >= 11 is 0. The fourth-order valence-corrected chi connectivity index (χ4v) is 2.71. The Labute approximate surface area is 139 Å². The summed E-state index contributed by atoms with van der Waals surface area (Å²) in [4.78, 5) is 25.7. The molecule has 0 spiro atoms. The molecule has 1 aliphatic heterocycles. The minimum Gasteiger partial charge on any atom is -0.464 e. The highest BCUT2D eigenvalue weighted by molar-refractivity contribution is 6.02. The van der Waals surface area contributed by atoms with E-state index in [1.807, 2.05) is 24.3 Å². The van der Waals surface area contributed by atoms with E-state index in [-0.39, 0.29) is 19.2 Å². The predicted molar refractivity (Wildman–Crippen MR) is 86.9 cm³/mol. The van der Waals surface area contributed by atoms with Crippen molar-refractivity contribution in [2.45, 2.75) is 6.54 Å². The maximum atomic E-state index is 12.0. The summed E-state index contributed by atoms with van der Waals surface area (Å²) in [7, 11) is 1.33. The highest BCUT2D eigenvalue weighted by atomic mass is 16.6. The molecular weight excluding hydrogens is 312 g/mol. The second-order valence-corrected chi connectivity index (χ2v) is 5.43. The van der Waals surface area contributed by atoms with Crippen LogP contribution in [0.4, 0.5) is 4.79 Å². The van der Waals surface area contributed by atoms with Crippen LogP contribution in [0.5, 0.6) is 0 Å². The van der Waals surface area contributed by atoms with Gasteiger partial charge in [-0.15, -0.1) is 0 Å². The predicted octanol–water partition coefficient (Wildman–Crippen LogP) is 0.865. The Morgan fingerprint density at radius 1 is 1.25 bits per heavy atom. The molecule has 0 saturated carbocycles. The molecule has 8 nitrogen and oxygen atoms in total. The molecule has 0 radical (unpaired) electrons. The van der Waals surface area contributed by atoms with Gasteiger partial charge in [-0.05, 0) is 6.07 Å². The third-order valence-electron chi connectivity index (χ3n) is 3.93. The zero-order valence-electron chi connectivity index (χ0n) is 13.5. The van der Waals surface area contributed by atoms with Crippen LogP contribution in [0.25, 0.3) is 10.9 Å². The fourth-order valence-electron chi connectivity index (χ4n) is 2.71. The van der Waals surface area contributed by atoms with Gasteiger partial charge >= 0.3 is 12.1 Å². The number of hydrogen-bond acceptors (Lipinski definition) is 6. The van der Waals surface area contributed by atoms with E-state index in [2.05, 4.69) is 10.4 Å². The normalized spacial score (nSPS) is 14.6. The molecule has 0 bridgehead atoms. The number of piperazine rings is 1. The standard InChI is InChI=1S/C16H20N4O4/c1-23-15(21)14-12-4-2-3-5-13(12)18-20(14)10-11-24-16(22)19-8-6-17-7-9-19/h2-5,17H,6-11H2,1H3. The quantitative estimate of drug-likeness (QED) is 0.836. The van der Waals surface area contributed by atoms with E-state index in [4.69, 9.17) is 9.47 Å². The molecule has 1 aromatic heterocycles. The Hall–Kier alpha value is -2.61. The van der Waals surface area contributed by atoms with Crippen LogP contribution in [-0.4, -0.2) is 66.6 Å². The van der Waals surface area contributed by atoms with Crippen LogP contribution in [0.15, 0.2) is 24.3 Å². The van der Waals surface area contributed by atoms with Crippen LogP contribution in [0, 0.1) is 0 Å². The van der Waals surface area contributed by atoms with Crippen LogP contribution < -0.4 is 5.32 Å². The maximum absolute atomic E-state index is 12.0. The average molecular weight is 332 g/mol. The molecule has 2 heterocycles. The minimum absolute atomic E-state index is 0.140.